The fourth-order valence-electron chi connectivity index (χ4n) is 1.39. The molecule has 0 spiro atoms. The van der Waals surface area contributed by atoms with Gasteiger partial charge in [-0.3, -0.25) is 4.98 Å². The Kier molecular flexibility index (Phi) is 1.78. The standard InChI is InChI=1S/C11H10N/c1-2-9-5-3-7-11-10(9)6-4-8-12-11/h3-8H,1-2H2/p+1. The zero-order valence-corrected chi connectivity index (χ0v) is 6.83. The van der Waals surface area contributed by atoms with Crippen molar-refractivity contribution in [1.82, 2.24) is 4.98 Å². The summed E-state index contributed by atoms with van der Waals surface area (Å²) in [6.07, 6.45) is 2.64. The van der Waals surface area contributed by atoms with Crippen LogP contribution in [-0.2, 0) is 6.42 Å². The van der Waals surface area contributed by atoms with Gasteiger partial charge in [0.15, 0.2) is 0 Å². The van der Waals surface area contributed by atoms with Crippen LogP contribution in [-0.4, -0.2) is 4.98 Å². The fourth-order valence-corrected chi connectivity index (χ4v) is 1.39. The lowest BCUT2D eigenvalue weighted by Crippen LogP contribution is -1.84. The Morgan fingerprint density at radius 2 is 2.17 bits per heavy atom. The van der Waals surface area contributed by atoms with E-state index in [4.69, 9.17) is 0 Å². The molecular weight excluding hydrogens is 146 g/mol. The molecule has 0 bridgehead atoms. The highest BCUT2D eigenvalue weighted by atomic mass is 14.6. The normalized spacial score (nSPS) is 10.4. The van der Waals surface area contributed by atoms with Crippen LogP contribution in [0.15, 0.2) is 36.5 Å². The van der Waals surface area contributed by atoms with Gasteiger partial charge in [0.1, 0.15) is 0 Å². The van der Waals surface area contributed by atoms with Crippen LogP contribution in [0, 0.1) is 6.92 Å². The lowest BCUT2D eigenvalue weighted by atomic mass is 10.1. The molecule has 2 aromatic rings. The van der Waals surface area contributed by atoms with Gasteiger partial charge in [0.25, 0.3) is 0 Å². The van der Waals surface area contributed by atoms with E-state index in [2.05, 4.69) is 24.0 Å². The highest BCUT2D eigenvalue weighted by Gasteiger charge is 1.96. The molecule has 0 aliphatic carbocycles. The summed E-state index contributed by atoms with van der Waals surface area (Å²) in [4.78, 5) is 4.26. The second kappa shape index (κ2) is 2.94. The molecule has 1 aromatic carbocycles. The molecule has 0 atom stereocenters. The molecule has 12 heavy (non-hydrogen) atoms. The van der Waals surface area contributed by atoms with E-state index >= 15 is 0 Å². The van der Waals surface area contributed by atoms with E-state index in [0.29, 0.717) is 0 Å². The molecule has 2 rings (SSSR count). The number of fused-ring (bicyclic) bond motifs is 1. The Bertz CT molecular complexity index is 393. The monoisotopic (exact) mass is 157 g/mol. The first kappa shape index (κ1) is 7.29. The van der Waals surface area contributed by atoms with Gasteiger partial charge in [-0.25, -0.2) is 0 Å². The van der Waals surface area contributed by atoms with Crippen LogP contribution in [0.2, 0.25) is 0 Å². The maximum absolute atomic E-state index is 4.26. The first-order valence-electron chi connectivity index (χ1n) is 4.03. The van der Waals surface area contributed by atoms with Crippen LogP contribution in [0.3, 0.4) is 0 Å². The van der Waals surface area contributed by atoms with Crippen molar-refractivity contribution < 1.29 is 1.43 Å². The highest BCUT2D eigenvalue weighted by Crippen LogP contribution is 2.15. The number of rotatable bonds is 1. The van der Waals surface area contributed by atoms with E-state index in [9.17, 15) is 0 Å². The summed E-state index contributed by atoms with van der Waals surface area (Å²) >= 11 is 0. The van der Waals surface area contributed by atoms with Crippen LogP contribution in [0.25, 0.3) is 10.9 Å². The molecule has 1 radical (unpaired) electrons. The molecule has 1 nitrogen and oxygen atoms in total. The third-order valence-corrected chi connectivity index (χ3v) is 2.01. The van der Waals surface area contributed by atoms with E-state index in [1.807, 2.05) is 24.4 Å². The maximum Gasteiger partial charge on any atom is 1.00 e. The van der Waals surface area contributed by atoms with Crippen molar-refractivity contribution in [3.05, 3.63) is 49.0 Å². The molecule has 0 aliphatic rings. The van der Waals surface area contributed by atoms with Crippen LogP contribution in [0.5, 0.6) is 0 Å². The molecule has 59 valence electrons. The second-order valence-corrected chi connectivity index (χ2v) is 2.74. The second-order valence-electron chi connectivity index (χ2n) is 2.74. The lowest BCUT2D eigenvalue weighted by Gasteiger charge is -2.01. The summed E-state index contributed by atoms with van der Waals surface area (Å²) in [5.74, 6) is 0. The van der Waals surface area contributed by atoms with Gasteiger partial charge >= 0.3 is 1.43 Å². The van der Waals surface area contributed by atoms with Crippen LogP contribution >= 0.6 is 0 Å². The number of hydrogen-bond acceptors (Lipinski definition) is 1. The minimum Gasteiger partial charge on any atom is -0.256 e. The summed E-state index contributed by atoms with van der Waals surface area (Å²) in [5.41, 5.74) is 2.32. The number of hydrogen-bond donors (Lipinski definition) is 0. The van der Waals surface area contributed by atoms with Crippen LogP contribution in [0.4, 0.5) is 0 Å². The van der Waals surface area contributed by atoms with Crippen LogP contribution in [0.1, 0.15) is 6.99 Å². The van der Waals surface area contributed by atoms with E-state index in [-0.39, 0.29) is 1.43 Å². The zero-order chi connectivity index (χ0) is 8.39. The minimum absolute atomic E-state index is 0. The number of benzene rings is 1. The molecule has 1 aromatic heterocycles. The van der Waals surface area contributed by atoms with Gasteiger partial charge in [0, 0.05) is 11.6 Å². The first-order chi connectivity index (χ1) is 5.92. The Hall–Kier alpha value is -1.37. The molecule has 1 heterocycles. The number of nitrogens with zero attached hydrogens (tertiary/aromatic N) is 1. The predicted octanol–water partition coefficient (Wildman–Crippen LogP) is 2.72. The van der Waals surface area contributed by atoms with E-state index in [1.54, 1.807) is 0 Å². The Labute approximate surface area is 73.5 Å². The van der Waals surface area contributed by atoms with E-state index < -0.39 is 0 Å². The third kappa shape index (κ3) is 1.07. The Morgan fingerprint density at radius 1 is 1.25 bits per heavy atom. The van der Waals surface area contributed by atoms with Crippen molar-refractivity contribution in [3.63, 3.8) is 0 Å². The van der Waals surface area contributed by atoms with Gasteiger partial charge in [0.2, 0.25) is 0 Å². The number of pyridine rings is 1. The summed E-state index contributed by atoms with van der Waals surface area (Å²) in [7, 11) is 0. The number of aromatic nitrogens is 1. The van der Waals surface area contributed by atoms with E-state index in [0.717, 1.165) is 11.9 Å². The zero-order valence-electron chi connectivity index (χ0n) is 7.83. The smallest absolute Gasteiger partial charge is 0.256 e. The molecule has 1 heteroatoms. The minimum atomic E-state index is 0. The molecule has 0 aliphatic heterocycles. The average Bonchev–Trinajstić information content (AvgIpc) is 2.17. The molecule has 0 fully saturated rings. The molecule has 0 saturated heterocycles. The quantitative estimate of drug-likeness (QED) is 0.620. The molecule has 0 saturated carbocycles. The van der Waals surface area contributed by atoms with Crippen molar-refractivity contribution in [1.29, 1.82) is 0 Å². The van der Waals surface area contributed by atoms with Crippen molar-refractivity contribution in [3.8, 4) is 0 Å². The van der Waals surface area contributed by atoms with Crippen LogP contribution < -0.4 is 0 Å². The maximum atomic E-state index is 4.26. The molecule has 0 unspecified atom stereocenters. The van der Waals surface area contributed by atoms with Crippen molar-refractivity contribution in [2.75, 3.05) is 0 Å². The van der Waals surface area contributed by atoms with Gasteiger partial charge in [-0.15, -0.1) is 0 Å². The van der Waals surface area contributed by atoms with Gasteiger partial charge in [-0.2, -0.15) is 0 Å². The van der Waals surface area contributed by atoms with Crippen molar-refractivity contribution in [2.24, 2.45) is 0 Å². The SMILES string of the molecule is [CH2]Cc1cccc2ncccc12.[H+]. The first-order valence-corrected chi connectivity index (χ1v) is 4.03. The van der Waals surface area contributed by atoms with Crippen molar-refractivity contribution >= 4 is 10.9 Å². The lowest BCUT2D eigenvalue weighted by molar-refractivity contribution is 1.29. The van der Waals surface area contributed by atoms with Crippen molar-refractivity contribution in [2.45, 2.75) is 6.42 Å². The molecule has 0 N–H and O–H groups in total. The summed E-state index contributed by atoms with van der Waals surface area (Å²) in [6, 6.07) is 10.2. The predicted molar refractivity (Wildman–Crippen MR) is 51.9 cm³/mol. The average molecular weight is 157 g/mol. The topological polar surface area (TPSA) is 12.9 Å². The van der Waals surface area contributed by atoms with Gasteiger partial charge in [-0.1, -0.05) is 18.2 Å². The Balaban J connectivity index is 0.000000845. The molecule has 0 amide bonds. The summed E-state index contributed by atoms with van der Waals surface area (Å²) in [5, 5.41) is 1.22. The fraction of sp³-hybridized carbons (Fsp3) is 0.0909. The van der Waals surface area contributed by atoms with Gasteiger partial charge < -0.3 is 0 Å². The summed E-state index contributed by atoms with van der Waals surface area (Å²) < 4.78 is 0. The molecular formula is C11H11N+. The van der Waals surface area contributed by atoms with Gasteiger partial charge in [-0.05, 0) is 31.0 Å². The Morgan fingerprint density at radius 3 is 3.00 bits per heavy atom. The third-order valence-electron chi connectivity index (χ3n) is 2.01. The highest BCUT2D eigenvalue weighted by molar-refractivity contribution is 5.81. The summed E-state index contributed by atoms with van der Waals surface area (Å²) in [6.45, 7) is 3.88. The largest absolute Gasteiger partial charge is 1.00 e. The van der Waals surface area contributed by atoms with Gasteiger partial charge in [0.05, 0.1) is 5.52 Å². The van der Waals surface area contributed by atoms with E-state index in [1.165, 1.54) is 10.9 Å².